The first-order chi connectivity index (χ1) is 8.42. The minimum atomic E-state index is 0.576. The number of halogens is 1. The van der Waals surface area contributed by atoms with Crippen LogP contribution >= 0.6 is 15.9 Å². The van der Waals surface area contributed by atoms with Gasteiger partial charge in [-0.3, -0.25) is 0 Å². The van der Waals surface area contributed by atoms with Gasteiger partial charge >= 0.3 is 0 Å². The minimum Gasteiger partial charge on any atom is -0.394 e. The average molecular weight is 291 g/mol. The monoisotopic (exact) mass is 290 g/mol. The second-order valence-corrected chi connectivity index (χ2v) is 4.54. The third kappa shape index (κ3) is 1.69. The number of benzene rings is 1. The first-order valence-corrected chi connectivity index (χ1v) is 6.57. The fourth-order valence-electron chi connectivity index (χ4n) is 2.05. The van der Waals surface area contributed by atoms with Crippen LogP contribution in [0.1, 0.15) is 11.3 Å². The van der Waals surface area contributed by atoms with Crippen molar-refractivity contribution < 1.29 is 4.84 Å². The molecule has 0 aliphatic carbocycles. The zero-order chi connectivity index (χ0) is 11.7. The summed E-state index contributed by atoms with van der Waals surface area (Å²) in [6, 6.07) is 12.3. The van der Waals surface area contributed by atoms with Gasteiger partial charge in [-0.15, -0.1) is 0 Å². The Morgan fingerprint density at radius 1 is 1.18 bits per heavy atom. The summed E-state index contributed by atoms with van der Waals surface area (Å²) in [7, 11) is 0. The lowest BCUT2D eigenvalue weighted by molar-refractivity contribution is 0.162. The Kier molecular flexibility index (Phi) is 2.73. The van der Waals surface area contributed by atoms with Crippen molar-refractivity contribution in [3.63, 3.8) is 0 Å². The lowest BCUT2D eigenvalue weighted by Crippen LogP contribution is -2.00. The van der Waals surface area contributed by atoms with Crippen molar-refractivity contribution in [1.29, 1.82) is 0 Å². The Balaban J connectivity index is 2.08. The molecule has 2 heterocycles. The molecule has 0 radical (unpaired) electrons. The van der Waals surface area contributed by atoms with E-state index in [9.17, 15) is 0 Å². The molecular formula is C13H11BrN2O. The number of para-hydroxylation sites is 1. The van der Waals surface area contributed by atoms with Gasteiger partial charge in [-0.2, -0.15) is 0 Å². The minimum absolute atomic E-state index is 0.576. The molecule has 1 aromatic carbocycles. The van der Waals surface area contributed by atoms with Crippen LogP contribution in [0.15, 0.2) is 47.8 Å². The number of rotatable bonds is 3. The lowest BCUT2D eigenvalue weighted by Gasteiger charge is -2.00. The van der Waals surface area contributed by atoms with Gasteiger partial charge in [-0.1, -0.05) is 39.3 Å². The number of fused-ring (bicyclic) bond motifs is 3. The highest BCUT2D eigenvalue weighted by molar-refractivity contribution is 9.09. The highest BCUT2D eigenvalue weighted by atomic mass is 79.9. The molecule has 3 rings (SSSR count). The second kappa shape index (κ2) is 4.37. The van der Waals surface area contributed by atoms with Crippen LogP contribution in [0.4, 0.5) is 0 Å². The van der Waals surface area contributed by atoms with E-state index in [0.29, 0.717) is 6.61 Å². The molecule has 0 N–H and O–H groups in total. The maximum absolute atomic E-state index is 5.28. The fourth-order valence-corrected chi connectivity index (χ4v) is 2.19. The summed E-state index contributed by atoms with van der Waals surface area (Å²) >= 11 is 3.32. The Hall–Kier alpha value is -1.55. The Morgan fingerprint density at radius 2 is 2.06 bits per heavy atom. The van der Waals surface area contributed by atoms with Gasteiger partial charge in [0, 0.05) is 17.1 Å². The topological polar surface area (TPSA) is 26.5 Å². The van der Waals surface area contributed by atoms with Gasteiger partial charge in [-0.05, 0) is 18.2 Å². The molecule has 0 unspecified atom stereocenters. The van der Waals surface area contributed by atoms with Crippen molar-refractivity contribution >= 4 is 21.6 Å². The van der Waals surface area contributed by atoms with Crippen LogP contribution in [0.25, 0.3) is 5.69 Å². The second-order valence-electron chi connectivity index (χ2n) is 3.74. The van der Waals surface area contributed by atoms with E-state index in [4.69, 9.17) is 4.84 Å². The Morgan fingerprint density at radius 3 is 2.94 bits per heavy atom. The van der Waals surface area contributed by atoms with Gasteiger partial charge in [0.1, 0.15) is 12.3 Å². The molecule has 1 aliphatic heterocycles. The van der Waals surface area contributed by atoms with Gasteiger partial charge in [0.2, 0.25) is 0 Å². The summed E-state index contributed by atoms with van der Waals surface area (Å²) in [5, 5.41) is 5.02. The van der Waals surface area contributed by atoms with Crippen molar-refractivity contribution in [2.45, 2.75) is 0 Å². The molecule has 0 saturated heterocycles. The molecule has 1 aliphatic rings. The maximum atomic E-state index is 5.28. The van der Waals surface area contributed by atoms with Crippen molar-refractivity contribution in [3.05, 3.63) is 53.9 Å². The van der Waals surface area contributed by atoms with Crippen molar-refractivity contribution in [3.8, 4) is 5.69 Å². The third-order valence-electron chi connectivity index (χ3n) is 2.73. The Labute approximate surface area is 108 Å². The van der Waals surface area contributed by atoms with E-state index in [1.54, 1.807) is 0 Å². The summed E-state index contributed by atoms with van der Waals surface area (Å²) < 4.78 is 2.13. The Bertz CT molecular complexity index is 574. The fraction of sp³-hybridized carbons (Fsp3) is 0.154. The van der Waals surface area contributed by atoms with E-state index in [2.05, 4.69) is 43.9 Å². The molecular weight excluding hydrogens is 280 g/mol. The average Bonchev–Trinajstić information content (AvgIpc) is 2.92. The van der Waals surface area contributed by atoms with Crippen LogP contribution < -0.4 is 0 Å². The molecule has 4 heteroatoms. The van der Waals surface area contributed by atoms with Crippen molar-refractivity contribution in [2.75, 3.05) is 11.9 Å². The normalized spacial score (nSPS) is 14.8. The van der Waals surface area contributed by atoms with Gasteiger partial charge in [0.25, 0.3) is 0 Å². The standard InChI is InChI=1S/C13H11BrN2O/c14-7-9-17-15-13-10-4-1-2-5-11(10)16-8-3-6-12(13)16/h1-6,8H,7,9H2/b15-13-. The number of hydrogen-bond acceptors (Lipinski definition) is 2. The molecule has 0 saturated carbocycles. The molecule has 1 aromatic heterocycles. The van der Waals surface area contributed by atoms with E-state index in [1.807, 2.05) is 24.4 Å². The van der Waals surface area contributed by atoms with Gasteiger partial charge < -0.3 is 9.40 Å². The quantitative estimate of drug-likeness (QED) is 0.414. The third-order valence-corrected chi connectivity index (χ3v) is 3.06. The smallest absolute Gasteiger partial charge is 0.136 e. The summed E-state index contributed by atoms with van der Waals surface area (Å²) in [5.41, 5.74) is 4.28. The van der Waals surface area contributed by atoms with E-state index >= 15 is 0 Å². The highest BCUT2D eigenvalue weighted by Gasteiger charge is 2.24. The first-order valence-electron chi connectivity index (χ1n) is 5.45. The summed E-state index contributed by atoms with van der Waals surface area (Å²) in [4.78, 5) is 5.28. The van der Waals surface area contributed by atoms with Crippen LogP contribution in [0.3, 0.4) is 0 Å². The largest absolute Gasteiger partial charge is 0.394 e. The maximum Gasteiger partial charge on any atom is 0.136 e. The lowest BCUT2D eigenvalue weighted by atomic mass is 10.1. The van der Waals surface area contributed by atoms with Gasteiger partial charge in [0.05, 0.1) is 11.4 Å². The number of oxime groups is 1. The number of nitrogens with zero attached hydrogens (tertiary/aromatic N) is 2. The molecule has 3 nitrogen and oxygen atoms in total. The SMILES string of the molecule is BrCCO/N=C1/c2ccccc2-n2cccc21. The van der Waals surface area contributed by atoms with Crippen molar-refractivity contribution in [1.82, 2.24) is 4.57 Å². The number of aromatic nitrogens is 1. The predicted molar refractivity (Wildman–Crippen MR) is 71.2 cm³/mol. The van der Waals surface area contributed by atoms with Gasteiger partial charge in [-0.25, -0.2) is 0 Å². The van der Waals surface area contributed by atoms with Crippen LogP contribution in [0, 0.1) is 0 Å². The molecule has 0 atom stereocenters. The highest BCUT2D eigenvalue weighted by Crippen LogP contribution is 2.28. The molecule has 0 spiro atoms. The van der Waals surface area contributed by atoms with E-state index in [1.165, 1.54) is 0 Å². The summed E-state index contributed by atoms with van der Waals surface area (Å²) in [6.45, 7) is 0.576. The van der Waals surface area contributed by atoms with Crippen LogP contribution in [-0.4, -0.2) is 22.2 Å². The zero-order valence-electron chi connectivity index (χ0n) is 9.14. The van der Waals surface area contributed by atoms with Crippen LogP contribution in [0.5, 0.6) is 0 Å². The summed E-state index contributed by atoms with van der Waals surface area (Å²) in [5.74, 6) is 0. The molecule has 2 aromatic rings. The summed E-state index contributed by atoms with van der Waals surface area (Å²) in [6.07, 6.45) is 2.04. The predicted octanol–water partition coefficient (Wildman–Crippen LogP) is 2.95. The van der Waals surface area contributed by atoms with E-state index in [0.717, 1.165) is 28.0 Å². The molecule has 0 amide bonds. The van der Waals surface area contributed by atoms with Crippen molar-refractivity contribution in [2.24, 2.45) is 5.16 Å². The number of hydrogen-bond donors (Lipinski definition) is 0. The zero-order valence-corrected chi connectivity index (χ0v) is 10.7. The van der Waals surface area contributed by atoms with Gasteiger partial charge in [0.15, 0.2) is 0 Å². The molecule has 0 fully saturated rings. The van der Waals surface area contributed by atoms with E-state index in [-0.39, 0.29) is 0 Å². The van der Waals surface area contributed by atoms with Crippen LogP contribution in [-0.2, 0) is 4.84 Å². The van der Waals surface area contributed by atoms with E-state index < -0.39 is 0 Å². The molecule has 86 valence electrons. The molecule has 17 heavy (non-hydrogen) atoms. The number of alkyl halides is 1. The first kappa shape index (κ1) is 10.6. The molecule has 0 bridgehead atoms. The van der Waals surface area contributed by atoms with Crippen LogP contribution in [0.2, 0.25) is 0 Å².